The number of nitrogens with zero attached hydrogens (tertiary/aromatic N) is 5. The number of amides is 1. The molecule has 1 fully saturated rings. The fraction of sp³-hybridized carbons (Fsp3) is 0.294. The minimum absolute atomic E-state index is 0.0455. The van der Waals surface area contributed by atoms with Crippen LogP contribution in [0.4, 0.5) is 10.3 Å². The molecule has 1 saturated heterocycles. The smallest absolute Gasteiger partial charge is 0.240 e. The molecule has 0 spiro atoms. The van der Waals surface area contributed by atoms with Crippen molar-refractivity contribution in [2.75, 3.05) is 42.9 Å². The van der Waals surface area contributed by atoms with Gasteiger partial charge in [0.15, 0.2) is 5.13 Å². The van der Waals surface area contributed by atoms with Crippen LogP contribution in [-0.4, -0.2) is 58.7 Å². The number of aromatic nitrogens is 3. The van der Waals surface area contributed by atoms with E-state index in [9.17, 15) is 4.79 Å². The highest BCUT2D eigenvalue weighted by atomic mass is 32.1. The maximum absolute atomic E-state index is 12.1. The Hall–Kier alpha value is -2.36. The van der Waals surface area contributed by atoms with Crippen molar-refractivity contribution in [1.82, 2.24) is 20.1 Å². The van der Waals surface area contributed by atoms with E-state index in [1.165, 1.54) is 21.8 Å². The van der Waals surface area contributed by atoms with E-state index >= 15 is 0 Å². The number of piperazine rings is 1. The van der Waals surface area contributed by atoms with Crippen LogP contribution < -0.4 is 10.2 Å². The lowest BCUT2D eigenvalue weighted by Gasteiger charge is -2.34. The summed E-state index contributed by atoms with van der Waals surface area (Å²) >= 11 is 3.04. The lowest BCUT2D eigenvalue weighted by atomic mass is 10.2. The summed E-state index contributed by atoms with van der Waals surface area (Å²) in [6.45, 7) is 3.79. The molecule has 0 aliphatic carbocycles. The summed E-state index contributed by atoms with van der Waals surface area (Å²) in [4.78, 5) is 22.3. The lowest BCUT2D eigenvalue weighted by Crippen LogP contribution is -2.48. The van der Waals surface area contributed by atoms with Crippen LogP contribution in [0.1, 0.15) is 0 Å². The predicted octanol–water partition coefficient (Wildman–Crippen LogP) is 2.42. The summed E-state index contributed by atoms with van der Waals surface area (Å²) in [5, 5.41) is 11.9. The topological polar surface area (TPSA) is 74.2 Å². The molecule has 0 saturated carbocycles. The first-order valence-corrected chi connectivity index (χ1v) is 10.0. The standard InChI is InChI=1S/C17H18N6OS2/c24-15(20-16-21-19-12-25-16)11-22-6-8-23(9-7-22)17-18-10-14(26-17)13-4-2-1-3-5-13/h1-5,10,12H,6-9,11H2,(H,20,21,24). The summed E-state index contributed by atoms with van der Waals surface area (Å²) < 4.78 is 0. The normalized spacial score (nSPS) is 15.2. The van der Waals surface area contributed by atoms with Gasteiger partial charge < -0.3 is 4.90 Å². The van der Waals surface area contributed by atoms with Crippen molar-refractivity contribution in [2.45, 2.75) is 0 Å². The van der Waals surface area contributed by atoms with E-state index in [-0.39, 0.29) is 5.91 Å². The van der Waals surface area contributed by atoms with E-state index in [1.54, 1.807) is 16.8 Å². The third-order valence-electron chi connectivity index (χ3n) is 4.17. The molecule has 2 aromatic heterocycles. The number of benzene rings is 1. The summed E-state index contributed by atoms with van der Waals surface area (Å²) in [7, 11) is 0. The molecule has 7 nitrogen and oxygen atoms in total. The Morgan fingerprint density at radius 2 is 1.96 bits per heavy atom. The molecule has 3 aromatic rings. The van der Waals surface area contributed by atoms with E-state index in [4.69, 9.17) is 0 Å². The van der Waals surface area contributed by atoms with Gasteiger partial charge in [-0.25, -0.2) is 4.98 Å². The van der Waals surface area contributed by atoms with E-state index in [0.717, 1.165) is 31.3 Å². The van der Waals surface area contributed by atoms with E-state index < -0.39 is 0 Å². The van der Waals surface area contributed by atoms with Gasteiger partial charge in [0.2, 0.25) is 11.0 Å². The molecule has 4 rings (SSSR count). The number of hydrogen-bond donors (Lipinski definition) is 1. The van der Waals surface area contributed by atoms with Gasteiger partial charge in [0.25, 0.3) is 0 Å². The fourth-order valence-electron chi connectivity index (χ4n) is 2.83. The number of anilines is 2. The number of carbonyl (C=O) groups excluding carboxylic acids is 1. The number of thiazole rings is 1. The summed E-state index contributed by atoms with van der Waals surface area (Å²) in [5.74, 6) is -0.0455. The average Bonchev–Trinajstić information content (AvgIpc) is 3.35. The van der Waals surface area contributed by atoms with Crippen LogP contribution in [0, 0.1) is 0 Å². The molecule has 26 heavy (non-hydrogen) atoms. The second-order valence-electron chi connectivity index (χ2n) is 5.93. The molecule has 1 N–H and O–H groups in total. The van der Waals surface area contributed by atoms with Gasteiger partial charge in [0.1, 0.15) is 5.51 Å². The molecule has 134 valence electrons. The highest BCUT2D eigenvalue weighted by Crippen LogP contribution is 2.31. The van der Waals surface area contributed by atoms with Gasteiger partial charge in [0.05, 0.1) is 11.4 Å². The molecule has 1 aromatic carbocycles. The van der Waals surface area contributed by atoms with E-state index in [1.807, 2.05) is 24.4 Å². The van der Waals surface area contributed by atoms with Crippen LogP contribution in [0.2, 0.25) is 0 Å². The van der Waals surface area contributed by atoms with Crippen LogP contribution in [0.15, 0.2) is 42.0 Å². The zero-order valence-corrected chi connectivity index (χ0v) is 15.7. The van der Waals surface area contributed by atoms with Crippen LogP contribution >= 0.6 is 22.7 Å². The predicted molar refractivity (Wildman–Crippen MR) is 105 cm³/mol. The second-order valence-corrected chi connectivity index (χ2v) is 7.77. The molecular formula is C17H18N6OS2. The molecule has 3 heterocycles. The first-order chi connectivity index (χ1) is 12.8. The zero-order chi connectivity index (χ0) is 17.8. The number of carbonyl (C=O) groups is 1. The molecule has 0 atom stereocenters. The van der Waals surface area contributed by atoms with Crippen molar-refractivity contribution in [2.24, 2.45) is 0 Å². The van der Waals surface area contributed by atoms with Crippen LogP contribution in [0.5, 0.6) is 0 Å². The van der Waals surface area contributed by atoms with Crippen molar-refractivity contribution < 1.29 is 4.79 Å². The van der Waals surface area contributed by atoms with Crippen LogP contribution in [0.3, 0.4) is 0 Å². The van der Waals surface area contributed by atoms with Crippen molar-refractivity contribution in [3.63, 3.8) is 0 Å². The summed E-state index contributed by atoms with van der Waals surface area (Å²) in [6.07, 6.45) is 1.94. The molecular weight excluding hydrogens is 368 g/mol. The lowest BCUT2D eigenvalue weighted by molar-refractivity contribution is -0.117. The highest BCUT2D eigenvalue weighted by Gasteiger charge is 2.21. The van der Waals surface area contributed by atoms with Crippen molar-refractivity contribution in [3.8, 4) is 10.4 Å². The molecule has 1 aliphatic rings. The second kappa shape index (κ2) is 7.90. The average molecular weight is 387 g/mol. The van der Waals surface area contributed by atoms with E-state index in [2.05, 4.69) is 42.4 Å². The van der Waals surface area contributed by atoms with Gasteiger partial charge in [-0.1, -0.05) is 53.0 Å². The Morgan fingerprint density at radius 1 is 1.15 bits per heavy atom. The van der Waals surface area contributed by atoms with Gasteiger partial charge in [0, 0.05) is 32.4 Å². The minimum Gasteiger partial charge on any atom is -0.346 e. The Kier molecular flexibility index (Phi) is 5.19. The largest absolute Gasteiger partial charge is 0.346 e. The van der Waals surface area contributed by atoms with Crippen LogP contribution in [-0.2, 0) is 4.79 Å². The molecule has 1 amide bonds. The summed E-state index contributed by atoms with van der Waals surface area (Å²) in [6, 6.07) is 10.3. The van der Waals surface area contributed by atoms with Gasteiger partial charge >= 0.3 is 0 Å². The Bertz CT molecular complexity index is 843. The Labute approximate surface area is 159 Å². The highest BCUT2D eigenvalue weighted by molar-refractivity contribution is 7.18. The van der Waals surface area contributed by atoms with Gasteiger partial charge in [-0.05, 0) is 5.56 Å². The first kappa shape index (κ1) is 17.1. The fourth-order valence-corrected chi connectivity index (χ4v) is 4.27. The SMILES string of the molecule is O=C(CN1CCN(c2ncc(-c3ccccc3)s2)CC1)Nc1nncs1. The van der Waals surface area contributed by atoms with Crippen molar-refractivity contribution in [3.05, 3.63) is 42.0 Å². The maximum Gasteiger partial charge on any atom is 0.240 e. The van der Waals surface area contributed by atoms with Crippen LogP contribution in [0.25, 0.3) is 10.4 Å². The molecule has 0 bridgehead atoms. The van der Waals surface area contributed by atoms with Gasteiger partial charge in [-0.2, -0.15) is 0 Å². The van der Waals surface area contributed by atoms with Gasteiger partial charge in [-0.15, -0.1) is 10.2 Å². The monoisotopic (exact) mass is 386 g/mol. The third kappa shape index (κ3) is 4.06. The van der Waals surface area contributed by atoms with Crippen molar-refractivity contribution in [1.29, 1.82) is 0 Å². The molecule has 1 aliphatic heterocycles. The number of rotatable bonds is 5. The minimum atomic E-state index is -0.0455. The Morgan fingerprint density at radius 3 is 2.69 bits per heavy atom. The molecule has 0 radical (unpaired) electrons. The Balaban J connectivity index is 1.30. The van der Waals surface area contributed by atoms with Gasteiger partial charge in [-0.3, -0.25) is 15.0 Å². The first-order valence-electron chi connectivity index (χ1n) is 8.32. The number of nitrogens with one attached hydrogen (secondary N) is 1. The third-order valence-corrected chi connectivity index (χ3v) is 5.88. The zero-order valence-electron chi connectivity index (χ0n) is 14.0. The molecule has 0 unspecified atom stereocenters. The van der Waals surface area contributed by atoms with E-state index in [0.29, 0.717) is 11.7 Å². The number of hydrogen-bond acceptors (Lipinski definition) is 8. The quantitative estimate of drug-likeness (QED) is 0.726. The molecule has 9 heteroatoms. The maximum atomic E-state index is 12.1. The van der Waals surface area contributed by atoms with Crippen molar-refractivity contribution >= 4 is 38.8 Å². The summed E-state index contributed by atoms with van der Waals surface area (Å²) in [5.41, 5.74) is 2.80.